The van der Waals surface area contributed by atoms with Crippen LogP contribution < -0.4 is 26.6 Å². The molecule has 0 saturated carbocycles. The van der Waals surface area contributed by atoms with Crippen LogP contribution in [0.25, 0.3) is 0 Å². The van der Waals surface area contributed by atoms with Crippen molar-refractivity contribution in [2.45, 2.75) is 32.0 Å². The van der Waals surface area contributed by atoms with Crippen molar-refractivity contribution in [1.82, 2.24) is 16.2 Å². The molecule has 1 atom stereocenters. The Morgan fingerprint density at radius 3 is 2.50 bits per heavy atom. The minimum atomic E-state index is -4.53. The highest BCUT2D eigenvalue weighted by molar-refractivity contribution is 5.88. The first-order valence-corrected chi connectivity index (χ1v) is 7.58. The Bertz CT molecular complexity index is 652. The molecule has 0 fully saturated rings. The third kappa shape index (κ3) is 7.28. The number of hydrogen-bond donors (Lipinski definition) is 4. The van der Waals surface area contributed by atoms with E-state index in [0.717, 1.165) is 18.2 Å². The summed E-state index contributed by atoms with van der Waals surface area (Å²) in [6, 6.07) is 2.20. The van der Waals surface area contributed by atoms with Crippen LogP contribution in [0.2, 0.25) is 0 Å². The van der Waals surface area contributed by atoms with Gasteiger partial charge in [0, 0.05) is 0 Å². The number of rotatable bonds is 7. The fourth-order valence-electron chi connectivity index (χ4n) is 1.89. The van der Waals surface area contributed by atoms with Crippen LogP contribution in [0.4, 0.5) is 18.0 Å². The summed E-state index contributed by atoms with van der Waals surface area (Å²) in [5, 5.41) is 2.22. The van der Waals surface area contributed by atoms with Crippen LogP contribution in [0.15, 0.2) is 24.3 Å². The molecule has 1 unspecified atom stereocenters. The van der Waals surface area contributed by atoms with Crippen molar-refractivity contribution in [3.63, 3.8) is 0 Å². The second-order valence-electron chi connectivity index (χ2n) is 5.20. The SMILES string of the molecule is CCCC(NC(N)=O)C(=O)NNC(=O)COc1cccc(C(F)(F)F)c1. The molecule has 0 aromatic heterocycles. The maximum Gasteiger partial charge on any atom is 0.416 e. The number of amides is 4. The maximum absolute atomic E-state index is 12.6. The highest BCUT2D eigenvalue weighted by Crippen LogP contribution is 2.31. The average molecular weight is 376 g/mol. The summed E-state index contributed by atoms with van der Waals surface area (Å²) in [7, 11) is 0. The number of hydrazine groups is 1. The van der Waals surface area contributed by atoms with Gasteiger partial charge in [0.25, 0.3) is 11.8 Å². The van der Waals surface area contributed by atoms with E-state index in [0.29, 0.717) is 12.8 Å². The quantitative estimate of drug-likeness (QED) is 0.532. The van der Waals surface area contributed by atoms with Gasteiger partial charge >= 0.3 is 12.2 Å². The van der Waals surface area contributed by atoms with E-state index in [4.69, 9.17) is 10.5 Å². The highest BCUT2D eigenvalue weighted by atomic mass is 19.4. The zero-order valence-corrected chi connectivity index (χ0v) is 13.9. The summed E-state index contributed by atoms with van der Waals surface area (Å²) in [4.78, 5) is 34.3. The Labute approximate surface area is 147 Å². The molecule has 1 aromatic rings. The Morgan fingerprint density at radius 1 is 1.23 bits per heavy atom. The molecule has 0 saturated heterocycles. The van der Waals surface area contributed by atoms with E-state index in [2.05, 4.69) is 10.7 Å². The molecule has 0 heterocycles. The second-order valence-corrected chi connectivity index (χ2v) is 5.20. The van der Waals surface area contributed by atoms with Crippen LogP contribution in [0.3, 0.4) is 0 Å². The zero-order chi connectivity index (χ0) is 19.7. The van der Waals surface area contributed by atoms with Gasteiger partial charge in [0.1, 0.15) is 11.8 Å². The lowest BCUT2D eigenvalue weighted by molar-refractivity contribution is -0.137. The van der Waals surface area contributed by atoms with Gasteiger partial charge in [0.2, 0.25) is 0 Å². The van der Waals surface area contributed by atoms with Crippen molar-refractivity contribution >= 4 is 17.8 Å². The molecule has 0 aliphatic carbocycles. The molecular weight excluding hydrogens is 357 g/mol. The Morgan fingerprint density at radius 2 is 1.92 bits per heavy atom. The summed E-state index contributed by atoms with van der Waals surface area (Å²) in [5.41, 5.74) is 8.15. The molecule has 0 radical (unpaired) electrons. The van der Waals surface area contributed by atoms with Crippen LogP contribution in [-0.2, 0) is 15.8 Å². The lowest BCUT2D eigenvalue weighted by Gasteiger charge is -2.17. The van der Waals surface area contributed by atoms with Gasteiger partial charge in [0.05, 0.1) is 5.56 Å². The molecule has 5 N–H and O–H groups in total. The number of alkyl halides is 3. The molecular formula is C15H19F3N4O4. The van der Waals surface area contributed by atoms with E-state index in [-0.39, 0.29) is 5.75 Å². The van der Waals surface area contributed by atoms with Crippen LogP contribution in [-0.4, -0.2) is 30.5 Å². The third-order valence-corrected chi connectivity index (χ3v) is 3.07. The van der Waals surface area contributed by atoms with Gasteiger partial charge in [-0.2, -0.15) is 13.2 Å². The molecule has 0 spiro atoms. The van der Waals surface area contributed by atoms with Crippen LogP contribution in [0, 0.1) is 0 Å². The lowest BCUT2D eigenvalue weighted by atomic mass is 10.1. The standard InChI is InChI=1S/C15H19F3N4O4/c1-2-4-11(20-14(19)25)13(24)22-21-12(23)8-26-10-6-3-5-9(7-10)15(16,17)18/h3,5-7,11H,2,4,8H2,1H3,(H,21,23)(H,22,24)(H3,19,20,25). The van der Waals surface area contributed by atoms with E-state index >= 15 is 0 Å². The first-order valence-electron chi connectivity index (χ1n) is 7.58. The first-order chi connectivity index (χ1) is 12.1. The summed E-state index contributed by atoms with van der Waals surface area (Å²) in [6.45, 7) is 1.16. The van der Waals surface area contributed by atoms with Gasteiger partial charge in [-0.25, -0.2) is 4.79 Å². The molecule has 11 heteroatoms. The van der Waals surface area contributed by atoms with Crippen molar-refractivity contribution in [3.8, 4) is 5.75 Å². The second kappa shape index (κ2) is 9.49. The summed E-state index contributed by atoms with van der Waals surface area (Å²) in [5.74, 6) is -1.65. The highest BCUT2D eigenvalue weighted by Gasteiger charge is 2.30. The number of primary amides is 1. The van der Waals surface area contributed by atoms with E-state index in [1.54, 1.807) is 6.92 Å². The first kappa shape index (κ1) is 21.1. The fraction of sp³-hybridized carbons (Fsp3) is 0.400. The number of urea groups is 1. The lowest BCUT2D eigenvalue weighted by Crippen LogP contribution is -2.53. The van der Waals surface area contributed by atoms with Crippen molar-refractivity contribution in [2.75, 3.05) is 6.61 Å². The average Bonchev–Trinajstić information content (AvgIpc) is 2.56. The Hall–Kier alpha value is -2.98. The van der Waals surface area contributed by atoms with Gasteiger partial charge < -0.3 is 15.8 Å². The van der Waals surface area contributed by atoms with E-state index in [9.17, 15) is 27.6 Å². The van der Waals surface area contributed by atoms with Crippen molar-refractivity contribution < 1.29 is 32.3 Å². The monoisotopic (exact) mass is 376 g/mol. The molecule has 1 aromatic carbocycles. The minimum Gasteiger partial charge on any atom is -0.484 e. The predicted octanol–water partition coefficient (Wildman–Crippen LogP) is 1.07. The number of benzene rings is 1. The largest absolute Gasteiger partial charge is 0.484 e. The number of nitrogens with one attached hydrogen (secondary N) is 3. The normalized spacial score (nSPS) is 12.0. The molecule has 0 bridgehead atoms. The number of hydrogen-bond acceptors (Lipinski definition) is 4. The number of halogens is 3. The van der Waals surface area contributed by atoms with Crippen molar-refractivity contribution in [1.29, 1.82) is 0 Å². The summed E-state index contributed by atoms with van der Waals surface area (Å²) >= 11 is 0. The number of carbonyl (C=O) groups is 3. The zero-order valence-electron chi connectivity index (χ0n) is 13.9. The third-order valence-electron chi connectivity index (χ3n) is 3.07. The summed E-state index contributed by atoms with van der Waals surface area (Å²) in [6.07, 6.45) is -3.66. The van der Waals surface area contributed by atoms with Crippen LogP contribution in [0.1, 0.15) is 25.3 Å². The number of nitrogens with two attached hydrogens (primary N) is 1. The van der Waals surface area contributed by atoms with E-state index < -0.39 is 42.2 Å². The molecule has 144 valence electrons. The molecule has 26 heavy (non-hydrogen) atoms. The molecule has 0 aliphatic heterocycles. The van der Waals surface area contributed by atoms with Gasteiger partial charge in [0.15, 0.2) is 6.61 Å². The van der Waals surface area contributed by atoms with Crippen LogP contribution in [0.5, 0.6) is 5.75 Å². The molecule has 8 nitrogen and oxygen atoms in total. The number of ether oxygens (including phenoxy) is 1. The van der Waals surface area contributed by atoms with Gasteiger partial charge in [-0.3, -0.25) is 20.4 Å². The predicted molar refractivity (Wildman–Crippen MR) is 84.6 cm³/mol. The summed E-state index contributed by atoms with van der Waals surface area (Å²) < 4.78 is 42.7. The molecule has 1 rings (SSSR count). The fourth-order valence-corrected chi connectivity index (χ4v) is 1.89. The van der Waals surface area contributed by atoms with Crippen LogP contribution >= 0.6 is 0 Å². The van der Waals surface area contributed by atoms with E-state index in [1.807, 2.05) is 5.43 Å². The Kier molecular flexibility index (Phi) is 7.69. The smallest absolute Gasteiger partial charge is 0.416 e. The minimum absolute atomic E-state index is 0.152. The Balaban J connectivity index is 2.49. The van der Waals surface area contributed by atoms with Gasteiger partial charge in [-0.15, -0.1) is 0 Å². The van der Waals surface area contributed by atoms with E-state index in [1.165, 1.54) is 6.07 Å². The molecule has 4 amide bonds. The van der Waals surface area contributed by atoms with Gasteiger partial charge in [-0.1, -0.05) is 19.4 Å². The van der Waals surface area contributed by atoms with Crippen molar-refractivity contribution in [3.05, 3.63) is 29.8 Å². The topological polar surface area (TPSA) is 123 Å². The number of carbonyl (C=O) groups excluding carboxylic acids is 3. The van der Waals surface area contributed by atoms with Gasteiger partial charge in [-0.05, 0) is 24.6 Å². The molecule has 0 aliphatic rings. The van der Waals surface area contributed by atoms with Crippen molar-refractivity contribution in [2.24, 2.45) is 5.73 Å². The maximum atomic E-state index is 12.6.